The molecule has 1 aromatic rings. The van der Waals surface area contributed by atoms with Crippen LogP contribution in [0.2, 0.25) is 0 Å². The highest BCUT2D eigenvalue weighted by atomic mass is 127. The number of ether oxygens (including phenoxy) is 2. The molecule has 27 heavy (non-hydrogen) atoms. The predicted octanol–water partition coefficient (Wildman–Crippen LogP) is 1.86. The molecule has 2 heterocycles. The molecule has 0 amide bonds. The number of hydrogen-bond donors (Lipinski definition) is 2. The molecule has 8 nitrogen and oxygen atoms in total. The van der Waals surface area contributed by atoms with Crippen molar-refractivity contribution in [3.05, 3.63) is 18.2 Å². The molecule has 2 aliphatic rings. The Morgan fingerprint density at radius 3 is 2.59 bits per heavy atom. The lowest BCUT2D eigenvalue weighted by Gasteiger charge is -2.29. The standard InChI is InChI=1S/C17H26N4O4S.HI/c1-26(22,23)21-7-5-13(6-8-21)12-19-17(18)20-14-3-4-15-16(11-14)25-10-2-9-24-15;/h3-4,11,13H,2,5-10,12H2,1H3,(H3,18,19,20);1H. The van der Waals surface area contributed by atoms with Gasteiger partial charge in [0.05, 0.1) is 19.5 Å². The van der Waals surface area contributed by atoms with Crippen molar-refractivity contribution in [2.75, 3.05) is 44.4 Å². The number of aliphatic imine (C=N–C) groups is 1. The van der Waals surface area contributed by atoms with Crippen LogP contribution >= 0.6 is 24.0 Å². The summed E-state index contributed by atoms with van der Waals surface area (Å²) < 4.78 is 35.9. The van der Waals surface area contributed by atoms with E-state index in [1.54, 1.807) is 0 Å². The van der Waals surface area contributed by atoms with Crippen LogP contribution in [0.3, 0.4) is 0 Å². The van der Waals surface area contributed by atoms with Crippen LogP contribution in [0.15, 0.2) is 23.2 Å². The van der Waals surface area contributed by atoms with Crippen molar-refractivity contribution in [1.29, 1.82) is 0 Å². The van der Waals surface area contributed by atoms with Crippen LogP contribution in [-0.2, 0) is 10.0 Å². The van der Waals surface area contributed by atoms with Crippen LogP contribution in [-0.4, -0.2) is 57.8 Å². The zero-order valence-corrected chi connectivity index (χ0v) is 18.5. The largest absolute Gasteiger partial charge is 0.490 e. The van der Waals surface area contributed by atoms with Gasteiger partial charge in [0.2, 0.25) is 10.0 Å². The number of nitrogens with zero attached hydrogens (tertiary/aromatic N) is 2. The summed E-state index contributed by atoms with van der Waals surface area (Å²) in [5.74, 6) is 2.12. The van der Waals surface area contributed by atoms with E-state index in [-0.39, 0.29) is 24.0 Å². The molecule has 0 unspecified atom stereocenters. The Bertz CT molecular complexity index is 764. The first-order valence-electron chi connectivity index (χ1n) is 8.83. The average Bonchev–Trinajstić information content (AvgIpc) is 2.84. The minimum atomic E-state index is -3.09. The van der Waals surface area contributed by atoms with E-state index in [2.05, 4.69) is 10.3 Å². The molecular formula is C17H27IN4O4S. The molecule has 0 aliphatic carbocycles. The van der Waals surface area contributed by atoms with Crippen LogP contribution in [0.1, 0.15) is 19.3 Å². The molecule has 3 rings (SSSR count). The average molecular weight is 510 g/mol. The van der Waals surface area contributed by atoms with Gasteiger partial charge in [-0.25, -0.2) is 12.7 Å². The van der Waals surface area contributed by atoms with E-state index in [4.69, 9.17) is 15.2 Å². The van der Waals surface area contributed by atoms with Crippen LogP contribution in [0, 0.1) is 5.92 Å². The molecule has 2 aliphatic heterocycles. The van der Waals surface area contributed by atoms with Gasteiger partial charge in [-0.05, 0) is 30.9 Å². The molecule has 1 aromatic carbocycles. The number of piperidine rings is 1. The highest BCUT2D eigenvalue weighted by Crippen LogP contribution is 2.32. The van der Waals surface area contributed by atoms with Crippen molar-refractivity contribution >= 4 is 45.6 Å². The molecule has 0 atom stereocenters. The summed E-state index contributed by atoms with van der Waals surface area (Å²) in [6, 6.07) is 5.59. The fraction of sp³-hybridized carbons (Fsp3) is 0.588. The quantitative estimate of drug-likeness (QED) is 0.364. The molecule has 10 heteroatoms. The van der Waals surface area contributed by atoms with Gasteiger partial charge in [0, 0.05) is 37.8 Å². The number of guanidine groups is 1. The van der Waals surface area contributed by atoms with Gasteiger partial charge in [-0.1, -0.05) is 0 Å². The number of fused-ring (bicyclic) bond motifs is 1. The predicted molar refractivity (Wildman–Crippen MR) is 117 cm³/mol. The Balaban J connectivity index is 0.00000261. The SMILES string of the molecule is CS(=O)(=O)N1CCC(CN=C(N)Nc2ccc3c(c2)OCCCO3)CC1.I. The fourth-order valence-corrected chi connectivity index (χ4v) is 3.95. The van der Waals surface area contributed by atoms with Crippen LogP contribution in [0.4, 0.5) is 5.69 Å². The van der Waals surface area contributed by atoms with Gasteiger partial charge >= 0.3 is 0 Å². The van der Waals surface area contributed by atoms with E-state index in [1.165, 1.54) is 10.6 Å². The van der Waals surface area contributed by atoms with Crippen LogP contribution in [0.5, 0.6) is 11.5 Å². The number of halogens is 1. The van der Waals surface area contributed by atoms with Crippen LogP contribution < -0.4 is 20.5 Å². The summed E-state index contributed by atoms with van der Waals surface area (Å²) in [7, 11) is -3.09. The first kappa shape index (κ1) is 22.0. The Kier molecular flexibility index (Phi) is 7.98. The second-order valence-electron chi connectivity index (χ2n) is 6.67. The smallest absolute Gasteiger partial charge is 0.211 e. The van der Waals surface area contributed by atoms with Crippen molar-refractivity contribution in [2.24, 2.45) is 16.6 Å². The maximum Gasteiger partial charge on any atom is 0.211 e. The summed E-state index contributed by atoms with van der Waals surface area (Å²) in [5, 5.41) is 3.07. The van der Waals surface area contributed by atoms with Gasteiger partial charge in [0.15, 0.2) is 17.5 Å². The number of rotatable bonds is 4. The number of nitrogens with one attached hydrogen (secondary N) is 1. The molecular weight excluding hydrogens is 483 g/mol. The Hall–Kier alpha value is -1.27. The van der Waals surface area contributed by atoms with Gasteiger partial charge in [0.1, 0.15) is 0 Å². The summed E-state index contributed by atoms with van der Waals surface area (Å²) in [6.45, 7) is 2.97. The van der Waals surface area contributed by atoms with E-state index < -0.39 is 10.0 Å². The second-order valence-corrected chi connectivity index (χ2v) is 8.65. The van der Waals surface area contributed by atoms with E-state index in [0.717, 1.165) is 30.7 Å². The maximum absolute atomic E-state index is 11.5. The van der Waals surface area contributed by atoms with Gasteiger partial charge in [0.25, 0.3) is 0 Å². The number of anilines is 1. The Labute approximate surface area is 177 Å². The number of hydrogen-bond acceptors (Lipinski definition) is 5. The molecule has 0 spiro atoms. The molecule has 0 aromatic heterocycles. The molecule has 0 radical (unpaired) electrons. The van der Waals surface area contributed by atoms with Gasteiger partial charge in [-0.15, -0.1) is 24.0 Å². The van der Waals surface area contributed by atoms with Gasteiger partial charge in [-0.2, -0.15) is 0 Å². The lowest BCUT2D eigenvalue weighted by molar-refractivity contribution is 0.280. The third-order valence-corrected chi connectivity index (χ3v) is 5.89. The minimum Gasteiger partial charge on any atom is -0.490 e. The lowest BCUT2D eigenvalue weighted by Crippen LogP contribution is -2.38. The monoisotopic (exact) mass is 510 g/mol. The van der Waals surface area contributed by atoms with Crippen molar-refractivity contribution in [1.82, 2.24) is 4.31 Å². The minimum absolute atomic E-state index is 0. The summed E-state index contributed by atoms with van der Waals surface area (Å²) >= 11 is 0. The zero-order chi connectivity index (χ0) is 18.6. The van der Waals surface area contributed by atoms with Crippen molar-refractivity contribution < 1.29 is 17.9 Å². The molecule has 1 saturated heterocycles. The topological polar surface area (TPSA) is 106 Å². The highest BCUT2D eigenvalue weighted by Gasteiger charge is 2.24. The summed E-state index contributed by atoms with van der Waals surface area (Å²) in [4.78, 5) is 4.40. The lowest BCUT2D eigenvalue weighted by atomic mass is 9.98. The second kappa shape index (κ2) is 9.78. The first-order chi connectivity index (χ1) is 12.4. The fourth-order valence-electron chi connectivity index (χ4n) is 3.08. The molecule has 3 N–H and O–H groups in total. The molecule has 1 fully saturated rings. The number of nitrogens with two attached hydrogens (primary N) is 1. The number of benzene rings is 1. The first-order valence-corrected chi connectivity index (χ1v) is 10.7. The van der Waals surface area contributed by atoms with E-state index in [0.29, 0.717) is 50.5 Å². The third kappa shape index (κ3) is 6.39. The van der Waals surface area contributed by atoms with Crippen molar-refractivity contribution in [3.8, 4) is 11.5 Å². The highest BCUT2D eigenvalue weighted by molar-refractivity contribution is 14.0. The molecule has 0 bridgehead atoms. The molecule has 0 saturated carbocycles. The van der Waals surface area contributed by atoms with E-state index in [1.807, 2.05) is 18.2 Å². The van der Waals surface area contributed by atoms with E-state index >= 15 is 0 Å². The summed E-state index contributed by atoms with van der Waals surface area (Å²) in [5.41, 5.74) is 6.78. The van der Waals surface area contributed by atoms with Gasteiger partial charge < -0.3 is 20.5 Å². The number of sulfonamides is 1. The van der Waals surface area contributed by atoms with Crippen LogP contribution in [0.25, 0.3) is 0 Å². The molecule has 152 valence electrons. The maximum atomic E-state index is 11.5. The zero-order valence-electron chi connectivity index (χ0n) is 15.4. The Morgan fingerprint density at radius 2 is 1.93 bits per heavy atom. The van der Waals surface area contributed by atoms with E-state index in [9.17, 15) is 8.42 Å². The van der Waals surface area contributed by atoms with Gasteiger partial charge in [-0.3, -0.25) is 4.99 Å². The third-order valence-electron chi connectivity index (χ3n) is 4.58. The normalized spacial score (nSPS) is 19.1. The van der Waals surface area contributed by atoms with Crippen molar-refractivity contribution in [3.63, 3.8) is 0 Å². The van der Waals surface area contributed by atoms with Crippen molar-refractivity contribution in [2.45, 2.75) is 19.3 Å². The Morgan fingerprint density at radius 1 is 1.26 bits per heavy atom. The summed E-state index contributed by atoms with van der Waals surface area (Å²) in [6.07, 6.45) is 3.71.